The molecule has 2 rings (SSSR count). The Bertz CT molecular complexity index is 661. The van der Waals surface area contributed by atoms with Gasteiger partial charge in [0.15, 0.2) is 0 Å². The van der Waals surface area contributed by atoms with Gasteiger partial charge in [0.05, 0.1) is 23.3 Å². The zero-order valence-electron chi connectivity index (χ0n) is 16.2. The van der Waals surface area contributed by atoms with E-state index >= 15 is 0 Å². The third-order valence-corrected chi connectivity index (χ3v) is 3.24. The van der Waals surface area contributed by atoms with Crippen LogP contribution in [0.5, 0.6) is 0 Å². The van der Waals surface area contributed by atoms with Crippen molar-refractivity contribution in [2.24, 2.45) is 0 Å². The summed E-state index contributed by atoms with van der Waals surface area (Å²) in [6.07, 6.45) is 0.171. The normalized spacial score (nSPS) is 11.6. The van der Waals surface area contributed by atoms with Crippen molar-refractivity contribution in [1.29, 1.82) is 0 Å². The third kappa shape index (κ3) is 13.3. The van der Waals surface area contributed by atoms with Crippen LogP contribution in [0.3, 0.4) is 0 Å². The van der Waals surface area contributed by atoms with Gasteiger partial charge in [0.1, 0.15) is 0 Å². The van der Waals surface area contributed by atoms with E-state index in [9.17, 15) is 9.59 Å². The fraction of sp³-hybridized carbons (Fsp3) is 0.273. The summed E-state index contributed by atoms with van der Waals surface area (Å²) < 4.78 is 0. The highest BCUT2D eigenvalue weighted by Gasteiger charge is 2.06. The zero-order chi connectivity index (χ0) is 21.5. The van der Waals surface area contributed by atoms with Gasteiger partial charge in [0.2, 0.25) is 0 Å². The molecule has 0 aromatic heterocycles. The third-order valence-electron chi connectivity index (χ3n) is 3.24. The Kier molecular flexibility index (Phi) is 12.6. The number of carboxylic acid groups (broad SMARTS) is 2. The Labute approximate surface area is 165 Å². The summed E-state index contributed by atoms with van der Waals surface area (Å²) in [5, 5.41) is 34.8. The molecular weight excluding hydrogens is 360 g/mol. The average molecular weight is 388 g/mol. The molecule has 0 aliphatic rings. The quantitative estimate of drug-likeness (QED) is 0.559. The maximum Gasteiger partial charge on any atom is 0.335 e. The smallest absolute Gasteiger partial charge is 0.335 e. The van der Waals surface area contributed by atoms with Gasteiger partial charge in [-0.1, -0.05) is 42.0 Å². The molecule has 0 radical (unpaired) electrons. The Hall–Kier alpha value is -2.96. The minimum absolute atomic E-state index is 0.331. The molecule has 0 fully saturated rings. The van der Waals surface area contributed by atoms with Crippen LogP contribution < -0.4 is 0 Å². The van der Waals surface area contributed by atoms with Crippen LogP contribution in [-0.4, -0.2) is 44.6 Å². The van der Waals surface area contributed by atoms with Crippen LogP contribution in [0.15, 0.2) is 72.8 Å². The molecule has 0 bridgehead atoms. The van der Waals surface area contributed by atoms with E-state index in [1.807, 2.05) is 6.92 Å². The second-order valence-electron chi connectivity index (χ2n) is 6.24. The predicted octanol–water partition coefficient (Wildman–Crippen LogP) is 3.85. The van der Waals surface area contributed by atoms with Crippen LogP contribution in [-0.2, 0) is 0 Å². The van der Waals surface area contributed by atoms with Gasteiger partial charge in [-0.15, -0.1) is 6.58 Å². The molecule has 2 aromatic rings. The van der Waals surface area contributed by atoms with Crippen molar-refractivity contribution >= 4 is 11.9 Å². The van der Waals surface area contributed by atoms with E-state index in [4.69, 9.17) is 20.4 Å². The van der Waals surface area contributed by atoms with Crippen molar-refractivity contribution in [3.63, 3.8) is 0 Å². The van der Waals surface area contributed by atoms with Crippen molar-refractivity contribution in [1.82, 2.24) is 0 Å². The number of hydrogen-bond acceptors (Lipinski definition) is 4. The summed E-state index contributed by atoms with van der Waals surface area (Å²) >= 11 is 0. The molecule has 0 spiro atoms. The number of rotatable bonds is 6. The summed E-state index contributed by atoms with van der Waals surface area (Å²) in [6.45, 7) is 7.20. The van der Waals surface area contributed by atoms with Crippen molar-refractivity contribution in [2.45, 2.75) is 38.9 Å². The molecule has 2 aromatic carbocycles. The molecule has 28 heavy (non-hydrogen) atoms. The van der Waals surface area contributed by atoms with Crippen molar-refractivity contribution in [3.05, 3.63) is 83.9 Å². The predicted molar refractivity (Wildman–Crippen MR) is 109 cm³/mol. The molecule has 0 aliphatic heterocycles. The molecule has 0 aliphatic carbocycles. The highest BCUT2D eigenvalue weighted by atomic mass is 16.4. The van der Waals surface area contributed by atoms with Crippen LogP contribution in [0.1, 0.15) is 47.4 Å². The molecule has 6 heteroatoms. The minimum Gasteiger partial charge on any atom is -0.478 e. The maximum atomic E-state index is 10.2. The van der Waals surface area contributed by atoms with Crippen LogP contribution in [0.25, 0.3) is 0 Å². The van der Waals surface area contributed by atoms with Gasteiger partial charge < -0.3 is 20.4 Å². The van der Waals surface area contributed by atoms with Gasteiger partial charge >= 0.3 is 11.9 Å². The van der Waals surface area contributed by atoms with Crippen molar-refractivity contribution in [2.75, 3.05) is 0 Å². The molecule has 0 saturated heterocycles. The number of aromatic carboxylic acids is 2. The van der Waals surface area contributed by atoms with Gasteiger partial charge in [-0.2, -0.15) is 0 Å². The first-order valence-electron chi connectivity index (χ1n) is 8.70. The summed E-state index contributed by atoms with van der Waals surface area (Å²) in [5.74, 6) is -1.76. The van der Waals surface area contributed by atoms with E-state index in [1.165, 1.54) is 0 Å². The number of benzene rings is 2. The topological polar surface area (TPSA) is 115 Å². The Morgan fingerprint density at radius 3 is 1.43 bits per heavy atom. The molecule has 0 saturated carbocycles. The van der Waals surface area contributed by atoms with E-state index < -0.39 is 24.1 Å². The summed E-state index contributed by atoms with van der Waals surface area (Å²) in [6, 6.07) is 16.6. The lowest BCUT2D eigenvalue weighted by Gasteiger charge is -2.11. The molecule has 0 amide bonds. The van der Waals surface area contributed by atoms with E-state index in [0.717, 1.165) is 5.57 Å². The summed E-state index contributed by atoms with van der Waals surface area (Å²) in [5.41, 5.74) is 1.61. The summed E-state index contributed by atoms with van der Waals surface area (Å²) in [7, 11) is 0. The molecule has 0 heterocycles. The second kappa shape index (κ2) is 14.1. The lowest BCUT2D eigenvalue weighted by molar-refractivity contribution is 0.0686. The van der Waals surface area contributed by atoms with Crippen LogP contribution >= 0.6 is 0 Å². The number of carbonyl (C=O) groups is 2. The molecule has 2 unspecified atom stereocenters. The Balaban J connectivity index is 0.000000391. The fourth-order valence-corrected chi connectivity index (χ4v) is 2.04. The maximum absolute atomic E-state index is 10.2. The van der Waals surface area contributed by atoms with Gasteiger partial charge in [0, 0.05) is 0 Å². The Morgan fingerprint density at radius 1 is 0.857 bits per heavy atom. The zero-order valence-corrected chi connectivity index (χ0v) is 16.2. The van der Waals surface area contributed by atoms with E-state index in [2.05, 4.69) is 6.58 Å². The molecular formula is C22H28O6. The molecule has 2 atom stereocenters. The van der Waals surface area contributed by atoms with Gasteiger partial charge in [0.25, 0.3) is 0 Å². The SMILES string of the molecule is C=C(C)CC(O)CC(C)O.O=C(O)c1ccccc1.O=C(O)c1ccccc1. The van der Waals surface area contributed by atoms with Crippen LogP contribution in [0, 0.1) is 0 Å². The van der Waals surface area contributed by atoms with E-state index in [-0.39, 0.29) is 0 Å². The van der Waals surface area contributed by atoms with Crippen molar-refractivity contribution < 1.29 is 30.0 Å². The van der Waals surface area contributed by atoms with Crippen LogP contribution in [0.4, 0.5) is 0 Å². The molecule has 6 nitrogen and oxygen atoms in total. The first kappa shape index (κ1) is 25.0. The molecule has 152 valence electrons. The van der Waals surface area contributed by atoms with Gasteiger partial charge in [-0.25, -0.2) is 9.59 Å². The monoisotopic (exact) mass is 388 g/mol. The Morgan fingerprint density at radius 2 is 1.21 bits per heavy atom. The number of hydrogen-bond donors (Lipinski definition) is 4. The van der Waals surface area contributed by atoms with Gasteiger partial charge in [-0.3, -0.25) is 0 Å². The average Bonchev–Trinajstić information content (AvgIpc) is 2.63. The lowest BCUT2D eigenvalue weighted by atomic mass is 10.1. The second-order valence-corrected chi connectivity index (χ2v) is 6.24. The standard InChI is InChI=1S/C8H16O2.2C7H6O2/c1-6(2)4-8(10)5-7(3)9;2*8-7(9)6-4-2-1-3-5-6/h7-10H,1,4-5H2,2-3H3;2*1-5H,(H,8,9). The number of carboxylic acids is 2. The highest BCUT2D eigenvalue weighted by Crippen LogP contribution is 2.07. The first-order valence-corrected chi connectivity index (χ1v) is 8.70. The summed E-state index contributed by atoms with van der Waals surface area (Å²) in [4.78, 5) is 20.4. The number of aliphatic hydroxyl groups excluding tert-OH is 2. The fourth-order valence-electron chi connectivity index (χ4n) is 2.04. The largest absolute Gasteiger partial charge is 0.478 e. The minimum atomic E-state index is -0.879. The van der Waals surface area contributed by atoms with Crippen LogP contribution in [0.2, 0.25) is 0 Å². The molecule has 4 N–H and O–H groups in total. The van der Waals surface area contributed by atoms with E-state index in [0.29, 0.717) is 24.0 Å². The number of aliphatic hydroxyl groups is 2. The lowest BCUT2D eigenvalue weighted by Crippen LogP contribution is -2.14. The van der Waals surface area contributed by atoms with E-state index in [1.54, 1.807) is 67.6 Å². The van der Waals surface area contributed by atoms with Crippen molar-refractivity contribution in [3.8, 4) is 0 Å². The van der Waals surface area contributed by atoms with Gasteiger partial charge in [-0.05, 0) is 51.0 Å². The highest BCUT2D eigenvalue weighted by molar-refractivity contribution is 5.87. The first-order chi connectivity index (χ1) is 13.1.